The van der Waals surface area contributed by atoms with Crippen molar-refractivity contribution in [1.82, 2.24) is 4.90 Å². The Morgan fingerprint density at radius 1 is 1.15 bits per heavy atom. The van der Waals surface area contributed by atoms with E-state index in [2.05, 4.69) is 51.1 Å². The molecule has 6 atom stereocenters. The lowest BCUT2D eigenvalue weighted by atomic mass is 9.47. The predicted molar refractivity (Wildman–Crippen MR) is 136 cm³/mol. The van der Waals surface area contributed by atoms with E-state index in [0.29, 0.717) is 37.0 Å². The second kappa shape index (κ2) is 8.48. The Hall–Kier alpha value is -1.65. The van der Waals surface area contributed by atoms with E-state index in [4.69, 9.17) is 0 Å². The van der Waals surface area contributed by atoms with Crippen molar-refractivity contribution in [2.75, 3.05) is 20.7 Å². The van der Waals surface area contributed by atoms with Crippen LogP contribution in [0.3, 0.4) is 0 Å². The molecular formula is C30H43NO3. The Morgan fingerprint density at radius 3 is 2.62 bits per heavy atom. The van der Waals surface area contributed by atoms with E-state index in [1.807, 2.05) is 6.08 Å². The Labute approximate surface area is 205 Å². The second-order valence-electron chi connectivity index (χ2n) is 12.5. The molecule has 1 unspecified atom stereocenters. The first-order valence-electron chi connectivity index (χ1n) is 13.5. The fraction of sp³-hybridized carbons (Fsp3) is 0.700. The molecule has 0 heterocycles. The molecule has 5 aliphatic rings. The maximum absolute atomic E-state index is 12.3. The van der Waals surface area contributed by atoms with Crippen LogP contribution in [0.15, 0.2) is 46.7 Å². The maximum atomic E-state index is 12.3. The molecule has 5 rings (SSSR count). The van der Waals surface area contributed by atoms with E-state index in [-0.39, 0.29) is 23.2 Å². The first kappa shape index (κ1) is 24.1. The molecule has 0 amide bonds. The molecule has 2 saturated carbocycles. The van der Waals surface area contributed by atoms with Crippen LogP contribution in [0.25, 0.3) is 0 Å². The summed E-state index contributed by atoms with van der Waals surface area (Å²) in [7, 11) is 4.20. The molecule has 34 heavy (non-hydrogen) atoms. The fourth-order valence-corrected chi connectivity index (χ4v) is 8.45. The third kappa shape index (κ3) is 3.59. The van der Waals surface area contributed by atoms with Gasteiger partial charge in [0, 0.05) is 38.2 Å². The summed E-state index contributed by atoms with van der Waals surface area (Å²) in [5, 5.41) is 21.6. The van der Waals surface area contributed by atoms with Crippen molar-refractivity contribution in [1.29, 1.82) is 0 Å². The number of fused-ring (bicyclic) bond motifs is 4. The average Bonchev–Trinajstić information content (AvgIpc) is 3.07. The summed E-state index contributed by atoms with van der Waals surface area (Å²) in [4.78, 5) is 14.4. The SMILES string of the molecule is CN(C)C1=CCC(C)([C@H]2C[C@]3(C)[C@@H](CC[C@]3(O)CCCO)[C@@H]3CCC4=CC(=O)CCC4=C32)C=C1. The van der Waals surface area contributed by atoms with Crippen LogP contribution >= 0.6 is 0 Å². The summed E-state index contributed by atoms with van der Waals surface area (Å²) >= 11 is 0. The highest BCUT2D eigenvalue weighted by Crippen LogP contribution is 2.68. The molecule has 4 nitrogen and oxygen atoms in total. The number of hydrogen-bond acceptors (Lipinski definition) is 4. The smallest absolute Gasteiger partial charge is 0.156 e. The molecule has 2 N–H and O–H groups in total. The number of aliphatic hydroxyl groups excluding tert-OH is 1. The Bertz CT molecular complexity index is 987. The number of allylic oxidation sites excluding steroid dienone is 7. The highest BCUT2D eigenvalue weighted by atomic mass is 16.3. The number of carbonyl (C=O) groups excluding carboxylic acids is 1. The van der Waals surface area contributed by atoms with Gasteiger partial charge in [-0.1, -0.05) is 31.6 Å². The molecule has 0 aromatic carbocycles. The molecule has 2 fully saturated rings. The summed E-state index contributed by atoms with van der Waals surface area (Å²) in [6.07, 6.45) is 18.0. The van der Waals surface area contributed by atoms with Gasteiger partial charge in [-0.2, -0.15) is 0 Å². The number of carbonyl (C=O) groups is 1. The lowest BCUT2D eigenvalue weighted by Crippen LogP contribution is -2.54. The molecule has 0 aromatic heterocycles. The van der Waals surface area contributed by atoms with Gasteiger partial charge in [0.25, 0.3) is 0 Å². The van der Waals surface area contributed by atoms with Crippen LogP contribution in [0.4, 0.5) is 0 Å². The average molecular weight is 466 g/mol. The second-order valence-corrected chi connectivity index (χ2v) is 12.5. The van der Waals surface area contributed by atoms with Crippen molar-refractivity contribution < 1.29 is 15.0 Å². The quantitative estimate of drug-likeness (QED) is 0.576. The van der Waals surface area contributed by atoms with E-state index in [1.165, 1.54) is 16.8 Å². The highest BCUT2D eigenvalue weighted by molar-refractivity contribution is 5.93. The molecule has 0 saturated heterocycles. The van der Waals surface area contributed by atoms with Crippen molar-refractivity contribution in [3.63, 3.8) is 0 Å². The van der Waals surface area contributed by atoms with Crippen LogP contribution in [-0.2, 0) is 4.79 Å². The zero-order valence-electron chi connectivity index (χ0n) is 21.6. The van der Waals surface area contributed by atoms with Crippen LogP contribution in [-0.4, -0.2) is 47.2 Å². The van der Waals surface area contributed by atoms with Gasteiger partial charge >= 0.3 is 0 Å². The van der Waals surface area contributed by atoms with Gasteiger partial charge in [0.15, 0.2) is 5.78 Å². The van der Waals surface area contributed by atoms with Crippen LogP contribution < -0.4 is 0 Å². The lowest BCUT2D eigenvalue weighted by Gasteiger charge is -2.58. The minimum absolute atomic E-state index is 0.00153. The number of ketones is 1. The molecule has 4 heteroatoms. The zero-order chi connectivity index (χ0) is 24.3. The minimum atomic E-state index is -0.702. The van der Waals surface area contributed by atoms with Crippen molar-refractivity contribution >= 4 is 5.78 Å². The van der Waals surface area contributed by atoms with E-state index in [0.717, 1.165) is 44.9 Å². The normalized spacial score (nSPS) is 41.5. The summed E-state index contributed by atoms with van der Waals surface area (Å²) < 4.78 is 0. The number of nitrogens with zero attached hydrogens (tertiary/aromatic N) is 1. The molecule has 0 aromatic rings. The van der Waals surface area contributed by atoms with Crippen LogP contribution in [0.5, 0.6) is 0 Å². The summed E-state index contributed by atoms with van der Waals surface area (Å²) in [5.74, 6) is 1.63. The van der Waals surface area contributed by atoms with Crippen molar-refractivity contribution in [2.24, 2.45) is 28.6 Å². The van der Waals surface area contributed by atoms with Crippen molar-refractivity contribution in [2.45, 2.75) is 83.7 Å². The van der Waals surface area contributed by atoms with Gasteiger partial charge in [-0.05, 0) is 104 Å². The van der Waals surface area contributed by atoms with E-state index < -0.39 is 5.60 Å². The van der Waals surface area contributed by atoms with E-state index in [1.54, 1.807) is 5.57 Å². The Kier molecular flexibility index (Phi) is 6.00. The Morgan fingerprint density at radius 2 is 1.94 bits per heavy atom. The molecule has 0 spiro atoms. The van der Waals surface area contributed by atoms with Gasteiger partial charge in [-0.3, -0.25) is 4.79 Å². The molecular weight excluding hydrogens is 422 g/mol. The standard InChI is InChI=1S/C30H43NO3/c1-28(14-10-21(11-15-28)31(3)4)26-19-29(2)25(12-16-30(29,34)13-5-17-32)24-8-6-20-18-22(33)7-9-23(20)27(24)26/h10-11,14,18,24-26,32,34H,5-9,12-13,15-17,19H2,1-4H3/t24-,25-,26-,28?,29+,30+/m0/s1. The number of hydrogen-bond donors (Lipinski definition) is 2. The number of rotatable bonds is 5. The monoisotopic (exact) mass is 465 g/mol. The van der Waals surface area contributed by atoms with Gasteiger partial charge in [-0.15, -0.1) is 0 Å². The lowest BCUT2D eigenvalue weighted by molar-refractivity contribution is -0.115. The van der Waals surface area contributed by atoms with Crippen LogP contribution in [0.2, 0.25) is 0 Å². The topological polar surface area (TPSA) is 60.8 Å². The van der Waals surface area contributed by atoms with Gasteiger partial charge in [-0.25, -0.2) is 0 Å². The molecule has 0 radical (unpaired) electrons. The predicted octanol–water partition coefficient (Wildman–Crippen LogP) is 5.33. The third-order valence-electron chi connectivity index (χ3n) is 10.5. The van der Waals surface area contributed by atoms with Gasteiger partial charge < -0.3 is 15.1 Å². The van der Waals surface area contributed by atoms with Crippen molar-refractivity contribution in [3.05, 3.63) is 46.7 Å². The van der Waals surface area contributed by atoms with Gasteiger partial charge in [0.1, 0.15) is 0 Å². The number of aliphatic hydroxyl groups is 2. The summed E-state index contributed by atoms with van der Waals surface area (Å²) in [5.41, 5.74) is 4.84. The van der Waals surface area contributed by atoms with E-state index in [9.17, 15) is 15.0 Å². The minimum Gasteiger partial charge on any atom is -0.396 e. The fourth-order valence-electron chi connectivity index (χ4n) is 8.45. The van der Waals surface area contributed by atoms with Gasteiger partial charge in [0.05, 0.1) is 5.60 Å². The molecule has 186 valence electrons. The first-order chi connectivity index (χ1) is 16.1. The molecule has 5 aliphatic carbocycles. The van der Waals surface area contributed by atoms with E-state index >= 15 is 0 Å². The van der Waals surface area contributed by atoms with Crippen LogP contribution in [0, 0.1) is 28.6 Å². The number of likely N-dealkylation sites (N-methyl/N-ethyl adjacent to an activating group) is 1. The van der Waals surface area contributed by atoms with Crippen LogP contribution in [0.1, 0.15) is 78.1 Å². The van der Waals surface area contributed by atoms with Crippen molar-refractivity contribution in [3.8, 4) is 0 Å². The summed E-state index contributed by atoms with van der Waals surface area (Å²) in [6.45, 7) is 4.92. The molecule has 0 bridgehead atoms. The zero-order valence-corrected chi connectivity index (χ0v) is 21.6. The highest BCUT2D eigenvalue weighted by Gasteiger charge is 2.63. The first-order valence-corrected chi connectivity index (χ1v) is 13.5. The Balaban J connectivity index is 1.61. The largest absolute Gasteiger partial charge is 0.396 e. The third-order valence-corrected chi connectivity index (χ3v) is 10.5. The maximum Gasteiger partial charge on any atom is 0.156 e. The summed E-state index contributed by atoms with van der Waals surface area (Å²) in [6, 6.07) is 0. The molecule has 0 aliphatic heterocycles. The van der Waals surface area contributed by atoms with Gasteiger partial charge in [0.2, 0.25) is 0 Å².